The molecule has 2 aliphatic rings. The average molecular weight is 414 g/mol. The van der Waals surface area contributed by atoms with Crippen molar-refractivity contribution >= 4 is 6.29 Å². The fraction of sp³-hybridized carbons (Fsp3) is 0.933. The number of aliphatic hydroxyl groups is 8. The van der Waals surface area contributed by atoms with Crippen LogP contribution in [0.5, 0.6) is 0 Å². The first-order valence-corrected chi connectivity index (χ1v) is 8.58. The molecule has 13 heteroatoms. The van der Waals surface area contributed by atoms with E-state index in [1.807, 2.05) is 0 Å². The van der Waals surface area contributed by atoms with Crippen LogP contribution in [-0.4, -0.2) is 134 Å². The number of ether oxygens (including phenoxy) is 4. The largest absolute Gasteiger partial charge is 0.394 e. The SMILES string of the molecule is O=C[C@@H](O)CO[C@H]1O[C@H](CO[C@H]2O[C@H](CO)[C@@H](O)[C@H](O)[C@H]2O)[C@@H](O)[C@H](O)[C@H]1O. The van der Waals surface area contributed by atoms with Crippen molar-refractivity contribution in [1.82, 2.24) is 0 Å². The molecule has 0 unspecified atom stereocenters. The molecule has 0 radical (unpaired) electrons. The number of aldehydes is 1. The van der Waals surface area contributed by atoms with E-state index in [4.69, 9.17) is 24.1 Å². The molecule has 0 aromatic heterocycles. The number of carbonyl (C=O) groups excluding carboxylic acids is 1. The van der Waals surface area contributed by atoms with Gasteiger partial charge in [-0.15, -0.1) is 0 Å². The number of carbonyl (C=O) groups is 1. The van der Waals surface area contributed by atoms with Crippen molar-refractivity contribution in [1.29, 1.82) is 0 Å². The van der Waals surface area contributed by atoms with Crippen LogP contribution in [0.3, 0.4) is 0 Å². The highest BCUT2D eigenvalue weighted by Gasteiger charge is 2.47. The summed E-state index contributed by atoms with van der Waals surface area (Å²) in [6.45, 7) is -1.70. The van der Waals surface area contributed by atoms with E-state index in [1.54, 1.807) is 0 Å². The lowest BCUT2D eigenvalue weighted by Crippen LogP contribution is -2.61. The monoisotopic (exact) mass is 414 g/mol. The number of hydrogen-bond donors (Lipinski definition) is 8. The van der Waals surface area contributed by atoms with E-state index in [9.17, 15) is 40.5 Å². The van der Waals surface area contributed by atoms with Crippen molar-refractivity contribution in [2.75, 3.05) is 19.8 Å². The number of hydrogen-bond acceptors (Lipinski definition) is 13. The smallest absolute Gasteiger partial charge is 0.186 e. The lowest BCUT2D eigenvalue weighted by molar-refractivity contribution is -0.332. The summed E-state index contributed by atoms with van der Waals surface area (Å²) >= 11 is 0. The van der Waals surface area contributed by atoms with Crippen molar-refractivity contribution in [3.05, 3.63) is 0 Å². The molecule has 13 nitrogen and oxygen atoms in total. The fourth-order valence-corrected chi connectivity index (χ4v) is 2.82. The maximum absolute atomic E-state index is 10.4. The van der Waals surface area contributed by atoms with E-state index in [1.165, 1.54) is 0 Å². The molecule has 8 N–H and O–H groups in total. The van der Waals surface area contributed by atoms with Gasteiger partial charge in [0.05, 0.1) is 19.8 Å². The van der Waals surface area contributed by atoms with Crippen LogP contribution in [0.4, 0.5) is 0 Å². The fourth-order valence-electron chi connectivity index (χ4n) is 2.82. The molecule has 2 aliphatic heterocycles. The first-order valence-electron chi connectivity index (χ1n) is 8.58. The highest BCUT2D eigenvalue weighted by atomic mass is 16.7. The molecule has 28 heavy (non-hydrogen) atoms. The van der Waals surface area contributed by atoms with Gasteiger partial charge in [-0.1, -0.05) is 0 Å². The Morgan fingerprint density at radius 3 is 1.82 bits per heavy atom. The molecule has 164 valence electrons. The summed E-state index contributed by atoms with van der Waals surface area (Å²) in [6, 6.07) is 0. The lowest BCUT2D eigenvalue weighted by Gasteiger charge is -2.42. The third-order valence-electron chi connectivity index (χ3n) is 4.53. The van der Waals surface area contributed by atoms with E-state index in [0.29, 0.717) is 0 Å². The molecule has 2 saturated heterocycles. The van der Waals surface area contributed by atoms with Gasteiger partial charge < -0.3 is 64.6 Å². The van der Waals surface area contributed by atoms with Gasteiger partial charge in [0, 0.05) is 0 Å². The molecule has 0 spiro atoms. The van der Waals surface area contributed by atoms with Crippen LogP contribution in [0.25, 0.3) is 0 Å². The zero-order valence-electron chi connectivity index (χ0n) is 14.7. The molecule has 2 fully saturated rings. The Bertz CT molecular complexity index is 491. The Balaban J connectivity index is 1.96. The zero-order valence-corrected chi connectivity index (χ0v) is 14.7. The summed E-state index contributed by atoms with van der Waals surface area (Å²) in [6.07, 6.45) is -16.7. The predicted octanol–water partition coefficient (Wildman–Crippen LogP) is -5.81. The Hall–Kier alpha value is -0.810. The Labute approximate surface area is 159 Å². The Morgan fingerprint density at radius 2 is 1.29 bits per heavy atom. The second-order valence-electron chi connectivity index (χ2n) is 6.58. The van der Waals surface area contributed by atoms with E-state index >= 15 is 0 Å². The molecule has 11 atom stereocenters. The van der Waals surface area contributed by atoms with Gasteiger partial charge in [-0.25, -0.2) is 0 Å². The first kappa shape index (κ1) is 23.5. The van der Waals surface area contributed by atoms with Gasteiger partial charge in [0.25, 0.3) is 0 Å². The van der Waals surface area contributed by atoms with E-state index in [-0.39, 0.29) is 6.29 Å². The van der Waals surface area contributed by atoms with Gasteiger partial charge in [-0.05, 0) is 0 Å². The van der Waals surface area contributed by atoms with Crippen LogP contribution in [0.1, 0.15) is 0 Å². The van der Waals surface area contributed by atoms with Crippen molar-refractivity contribution in [3.8, 4) is 0 Å². The van der Waals surface area contributed by atoms with E-state index < -0.39 is 87.3 Å². The van der Waals surface area contributed by atoms with Gasteiger partial charge in [0.2, 0.25) is 0 Å². The summed E-state index contributed by atoms with van der Waals surface area (Å²) in [5.74, 6) is 0. The highest BCUT2D eigenvalue weighted by Crippen LogP contribution is 2.25. The van der Waals surface area contributed by atoms with E-state index in [0.717, 1.165) is 0 Å². The first-order chi connectivity index (χ1) is 13.2. The van der Waals surface area contributed by atoms with Gasteiger partial charge in [0.1, 0.15) is 54.9 Å². The quantitative estimate of drug-likeness (QED) is 0.174. The zero-order chi connectivity index (χ0) is 21.0. The molecular formula is C15H26O13. The summed E-state index contributed by atoms with van der Waals surface area (Å²) in [4.78, 5) is 10.4. The van der Waals surface area contributed by atoms with Crippen LogP contribution in [0.2, 0.25) is 0 Å². The molecule has 2 rings (SSSR count). The maximum Gasteiger partial charge on any atom is 0.186 e. The topological polar surface area (TPSA) is 216 Å². The normalized spacial score (nSPS) is 45.6. The highest BCUT2D eigenvalue weighted by molar-refractivity contribution is 5.55. The minimum atomic E-state index is -1.71. The summed E-state index contributed by atoms with van der Waals surface area (Å²) in [5, 5.41) is 77.5. The van der Waals surface area contributed by atoms with Crippen molar-refractivity contribution < 1.29 is 64.6 Å². The second-order valence-corrected chi connectivity index (χ2v) is 6.58. The standard InChI is InChI=1S/C15H26O13/c16-1-5(18)3-25-14-13(24)11(22)9(20)7(28-14)4-26-15-12(23)10(21)8(19)6(2-17)27-15/h1,5-15,17-24H,2-4H2/t5-,6-,7-,8-,9-,10+,11+,12-,13-,14+,15+/m1/s1. The minimum absolute atomic E-state index is 0.195. The minimum Gasteiger partial charge on any atom is -0.394 e. The molecule has 0 aliphatic carbocycles. The lowest BCUT2D eigenvalue weighted by atomic mass is 9.98. The van der Waals surface area contributed by atoms with Crippen LogP contribution >= 0.6 is 0 Å². The van der Waals surface area contributed by atoms with Crippen molar-refractivity contribution in [3.63, 3.8) is 0 Å². The molecule has 0 amide bonds. The predicted molar refractivity (Wildman–Crippen MR) is 84.4 cm³/mol. The molecule has 0 aromatic rings. The maximum atomic E-state index is 10.4. The second kappa shape index (κ2) is 10.3. The molecule has 0 saturated carbocycles. The number of aliphatic hydroxyl groups excluding tert-OH is 8. The molecule has 2 heterocycles. The van der Waals surface area contributed by atoms with Crippen molar-refractivity contribution in [2.45, 2.75) is 67.5 Å². The summed E-state index contributed by atoms with van der Waals surface area (Å²) in [5.41, 5.74) is 0. The summed E-state index contributed by atoms with van der Waals surface area (Å²) < 4.78 is 20.7. The van der Waals surface area contributed by atoms with Crippen molar-refractivity contribution in [2.24, 2.45) is 0 Å². The Morgan fingerprint density at radius 1 is 0.786 bits per heavy atom. The molecule has 0 bridgehead atoms. The third kappa shape index (κ3) is 5.21. The average Bonchev–Trinajstić information content (AvgIpc) is 2.70. The third-order valence-corrected chi connectivity index (χ3v) is 4.53. The van der Waals surface area contributed by atoms with Crippen LogP contribution in [0, 0.1) is 0 Å². The summed E-state index contributed by atoms with van der Waals surface area (Å²) in [7, 11) is 0. The van der Waals surface area contributed by atoms with Gasteiger partial charge in [-0.2, -0.15) is 0 Å². The van der Waals surface area contributed by atoms with Gasteiger partial charge in [0.15, 0.2) is 18.9 Å². The van der Waals surface area contributed by atoms with Crippen LogP contribution in [-0.2, 0) is 23.7 Å². The van der Waals surface area contributed by atoms with E-state index in [2.05, 4.69) is 0 Å². The van der Waals surface area contributed by atoms with Gasteiger partial charge in [-0.3, -0.25) is 0 Å². The molecule has 0 aromatic carbocycles. The Kier molecular flexibility index (Phi) is 8.62. The van der Waals surface area contributed by atoms with Crippen LogP contribution in [0.15, 0.2) is 0 Å². The molecular weight excluding hydrogens is 388 g/mol. The van der Waals surface area contributed by atoms with Crippen LogP contribution < -0.4 is 0 Å². The van der Waals surface area contributed by atoms with Gasteiger partial charge >= 0.3 is 0 Å². The number of rotatable bonds is 8.